The molecule has 23 heavy (non-hydrogen) atoms. The summed E-state index contributed by atoms with van der Waals surface area (Å²) in [7, 11) is -4.45. The number of nitrogens with two attached hydrogens (primary N) is 2. The second-order valence-corrected chi connectivity index (χ2v) is 6.58. The minimum absolute atomic E-state index is 0.273. The second-order valence-electron chi connectivity index (χ2n) is 5.16. The van der Waals surface area contributed by atoms with Crippen LogP contribution in [0.5, 0.6) is 5.75 Å². The summed E-state index contributed by atoms with van der Waals surface area (Å²) in [6, 6.07) is 12.6. The van der Waals surface area contributed by atoms with Gasteiger partial charge >= 0.3 is 0 Å². The number of aromatic hydroxyl groups is 1. The first-order valence-corrected chi connectivity index (χ1v) is 8.10. The summed E-state index contributed by atoms with van der Waals surface area (Å²) in [6.07, 6.45) is 0. The molecule has 0 radical (unpaired) electrons. The van der Waals surface area contributed by atoms with Gasteiger partial charge < -0.3 is 16.6 Å². The van der Waals surface area contributed by atoms with E-state index in [0.717, 1.165) is 11.6 Å². The first-order valence-electron chi connectivity index (χ1n) is 6.66. The van der Waals surface area contributed by atoms with Crippen LogP contribution in [-0.2, 0) is 10.1 Å². The highest BCUT2D eigenvalue weighted by Gasteiger charge is 2.16. The summed E-state index contributed by atoms with van der Waals surface area (Å²) >= 11 is 0. The molecule has 0 aliphatic heterocycles. The van der Waals surface area contributed by atoms with Crippen molar-refractivity contribution in [2.24, 2.45) is 0 Å². The van der Waals surface area contributed by atoms with Gasteiger partial charge in [-0.25, -0.2) is 0 Å². The maximum atomic E-state index is 11.3. The molecule has 0 aliphatic carbocycles. The molecule has 3 aromatic carbocycles. The van der Waals surface area contributed by atoms with Gasteiger partial charge in [0.25, 0.3) is 10.1 Å². The van der Waals surface area contributed by atoms with Gasteiger partial charge in [-0.1, -0.05) is 18.2 Å². The Kier molecular flexibility index (Phi) is 3.39. The van der Waals surface area contributed by atoms with Crippen molar-refractivity contribution in [2.45, 2.75) is 4.90 Å². The Morgan fingerprint density at radius 1 is 0.870 bits per heavy atom. The number of phenolic OH excluding ortho intramolecular Hbond substituents is 1. The molecule has 0 fully saturated rings. The van der Waals surface area contributed by atoms with Gasteiger partial charge in [0.1, 0.15) is 5.75 Å². The van der Waals surface area contributed by atoms with Crippen LogP contribution in [0.2, 0.25) is 0 Å². The van der Waals surface area contributed by atoms with E-state index in [-0.39, 0.29) is 5.75 Å². The maximum Gasteiger partial charge on any atom is 0.294 e. The smallest absolute Gasteiger partial charge is 0.294 e. The lowest BCUT2D eigenvalue weighted by Crippen LogP contribution is -1.99. The Morgan fingerprint density at radius 3 is 2.13 bits per heavy atom. The molecule has 0 atom stereocenters. The van der Waals surface area contributed by atoms with Crippen molar-refractivity contribution in [1.82, 2.24) is 0 Å². The van der Waals surface area contributed by atoms with Crippen LogP contribution in [-0.4, -0.2) is 18.1 Å². The average molecular weight is 330 g/mol. The number of fused-ring (bicyclic) bond motifs is 1. The van der Waals surface area contributed by atoms with Gasteiger partial charge in [0.2, 0.25) is 0 Å². The van der Waals surface area contributed by atoms with Gasteiger partial charge in [0, 0.05) is 33.8 Å². The third kappa shape index (κ3) is 2.67. The van der Waals surface area contributed by atoms with Crippen molar-refractivity contribution in [3.8, 4) is 16.9 Å². The van der Waals surface area contributed by atoms with Crippen molar-refractivity contribution in [3.63, 3.8) is 0 Å². The van der Waals surface area contributed by atoms with Crippen LogP contribution in [0.4, 0.5) is 11.4 Å². The van der Waals surface area contributed by atoms with E-state index in [1.807, 2.05) is 0 Å². The molecule has 7 heteroatoms. The van der Waals surface area contributed by atoms with Crippen LogP contribution < -0.4 is 11.5 Å². The highest BCUT2D eigenvalue weighted by Crippen LogP contribution is 2.37. The van der Waals surface area contributed by atoms with E-state index in [0.29, 0.717) is 27.7 Å². The molecule has 118 valence electrons. The van der Waals surface area contributed by atoms with Crippen molar-refractivity contribution in [1.29, 1.82) is 0 Å². The molecule has 3 rings (SSSR count). The third-order valence-electron chi connectivity index (χ3n) is 3.65. The predicted molar refractivity (Wildman–Crippen MR) is 89.7 cm³/mol. The fourth-order valence-electron chi connectivity index (χ4n) is 2.48. The number of hydrogen-bond acceptors (Lipinski definition) is 5. The molecule has 0 unspecified atom stereocenters. The average Bonchev–Trinajstić information content (AvgIpc) is 2.48. The van der Waals surface area contributed by atoms with Crippen LogP contribution in [0.3, 0.4) is 0 Å². The molecule has 0 bridgehead atoms. The highest BCUT2D eigenvalue weighted by atomic mass is 32.2. The largest absolute Gasteiger partial charge is 0.507 e. The molecule has 0 aliphatic rings. The molecule has 0 saturated carbocycles. The molecule has 3 aromatic rings. The highest BCUT2D eigenvalue weighted by molar-refractivity contribution is 7.85. The van der Waals surface area contributed by atoms with E-state index in [4.69, 9.17) is 11.5 Å². The minimum Gasteiger partial charge on any atom is -0.507 e. The van der Waals surface area contributed by atoms with Gasteiger partial charge in [-0.2, -0.15) is 8.42 Å². The predicted octanol–water partition coefficient (Wildman–Crippen LogP) is 2.62. The van der Waals surface area contributed by atoms with E-state index < -0.39 is 15.0 Å². The van der Waals surface area contributed by atoms with Crippen molar-refractivity contribution < 1.29 is 18.1 Å². The number of phenols is 1. The summed E-state index contributed by atoms with van der Waals surface area (Å²) in [5.41, 5.74) is 14.2. The molecule has 6 nitrogen and oxygen atoms in total. The van der Waals surface area contributed by atoms with Crippen molar-refractivity contribution in [2.75, 3.05) is 11.5 Å². The van der Waals surface area contributed by atoms with E-state index in [9.17, 15) is 18.1 Å². The van der Waals surface area contributed by atoms with E-state index in [2.05, 4.69) is 0 Å². The number of rotatable bonds is 2. The summed E-state index contributed by atoms with van der Waals surface area (Å²) in [6.45, 7) is 0. The zero-order chi connectivity index (χ0) is 16.8. The fraction of sp³-hybridized carbons (Fsp3) is 0. The maximum absolute atomic E-state index is 11.3. The SMILES string of the molecule is Nc1ccc(-c2ccc3c(O)cc(S(=O)(=O)O)cc3c2N)cc1. The second kappa shape index (κ2) is 5.15. The lowest BCUT2D eigenvalue weighted by molar-refractivity contribution is 0.471. The Balaban J connectivity index is 2.31. The zero-order valence-electron chi connectivity index (χ0n) is 11.9. The molecule has 0 spiro atoms. The van der Waals surface area contributed by atoms with Gasteiger partial charge in [-0.05, 0) is 29.8 Å². The summed E-state index contributed by atoms with van der Waals surface area (Å²) < 4.78 is 31.8. The fourth-order valence-corrected chi connectivity index (χ4v) is 3.00. The topological polar surface area (TPSA) is 127 Å². The molecule has 6 N–H and O–H groups in total. The Morgan fingerprint density at radius 2 is 1.52 bits per heavy atom. The molecule has 0 heterocycles. The zero-order valence-corrected chi connectivity index (χ0v) is 12.7. The first kappa shape index (κ1) is 15.1. The number of nitrogen functional groups attached to an aromatic ring is 2. The van der Waals surface area contributed by atoms with Crippen molar-refractivity contribution >= 4 is 32.3 Å². The lowest BCUT2D eigenvalue weighted by atomic mass is 9.98. The Labute approximate surface area is 132 Å². The Hall–Kier alpha value is -2.77. The number of benzene rings is 3. The first-order chi connectivity index (χ1) is 10.8. The molecule has 0 saturated heterocycles. The molecular weight excluding hydrogens is 316 g/mol. The van der Waals surface area contributed by atoms with Crippen LogP contribution in [0.15, 0.2) is 53.4 Å². The Bertz CT molecular complexity index is 1010. The minimum atomic E-state index is -4.45. The van der Waals surface area contributed by atoms with Crippen LogP contribution >= 0.6 is 0 Å². The van der Waals surface area contributed by atoms with Crippen LogP contribution in [0.1, 0.15) is 0 Å². The monoisotopic (exact) mass is 330 g/mol. The molecular formula is C16H14N2O4S. The molecule has 0 amide bonds. The van der Waals surface area contributed by atoms with Crippen LogP contribution in [0, 0.1) is 0 Å². The van der Waals surface area contributed by atoms with Gasteiger partial charge in [-0.15, -0.1) is 0 Å². The van der Waals surface area contributed by atoms with Gasteiger partial charge in [0.15, 0.2) is 0 Å². The summed E-state index contributed by atoms with van der Waals surface area (Å²) in [4.78, 5) is -0.413. The standard InChI is InChI=1S/C16H14N2O4S/c17-10-3-1-9(2-4-10)12-5-6-13-14(16(12)18)7-11(8-15(13)19)23(20,21)22/h1-8,19H,17-18H2,(H,20,21,22). The number of hydrogen-bond donors (Lipinski definition) is 4. The van der Waals surface area contributed by atoms with Crippen LogP contribution in [0.25, 0.3) is 21.9 Å². The van der Waals surface area contributed by atoms with E-state index in [1.54, 1.807) is 36.4 Å². The lowest BCUT2D eigenvalue weighted by Gasteiger charge is -2.12. The summed E-state index contributed by atoms with van der Waals surface area (Å²) in [5, 5.41) is 10.7. The van der Waals surface area contributed by atoms with E-state index in [1.165, 1.54) is 6.07 Å². The van der Waals surface area contributed by atoms with Crippen molar-refractivity contribution in [3.05, 3.63) is 48.5 Å². The quantitative estimate of drug-likeness (QED) is 0.422. The van der Waals surface area contributed by atoms with E-state index >= 15 is 0 Å². The van der Waals surface area contributed by atoms with Gasteiger partial charge in [-0.3, -0.25) is 4.55 Å². The third-order valence-corrected chi connectivity index (χ3v) is 4.48. The normalized spacial score (nSPS) is 11.7. The summed E-state index contributed by atoms with van der Waals surface area (Å²) in [5.74, 6) is -0.273. The molecule has 0 aromatic heterocycles. The van der Waals surface area contributed by atoms with Gasteiger partial charge in [0.05, 0.1) is 4.90 Å². The number of anilines is 2.